The summed E-state index contributed by atoms with van der Waals surface area (Å²) in [5.41, 5.74) is 2.18. The van der Waals surface area contributed by atoms with Crippen molar-refractivity contribution < 1.29 is 13.6 Å². The molecule has 11 heteroatoms. The predicted octanol–water partition coefficient (Wildman–Crippen LogP) is 1.52. The Morgan fingerprint density at radius 3 is 2.59 bits per heavy atom. The van der Waals surface area contributed by atoms with Crippen molar-refractivity contribution in [2.45, 2.75) is 0 Å². The van der Waals surface area contributed by atoms with E-state index in [9.17, 15) is 13.6 Å². The Morgan fingerprint density at radius 1 is 1.15 bits per heavy atom. The van der Waals surface area contributed by atoms with Crippen LogP contribution in [0.1, 0.15) is 0 Å². The van der Waals surface area contributed by atoms with Crippen LogP contribution < -0.4 is 10.2 Å². The summed E-state index contributed by atoms with van der Waals surface area (Å²) in [6.45, 7) is 2.90. The summed E-state index contributed by atoms with van der Waals surface area (Å²) in [6, 6.07) is 2.09. The molecule has 3 heterocycles. The molecular formula is C16H15F2N7OS. The summed E-state index contributed by atoms with van der Waals surface area (Å²) in [6.07, 6.45) is 1.55. The van der Waals surface area contributed by atoms with Crippen LogP contribution in [0, 0.1) is 11.6 Å². The number of hydrogen-bond acceptors (Lipinski definition) is 8. The quantitative estimate of drug-likeness (QED) is 0.722. The maximum absolute atomic E-state index is 13.4. The molecule has 8 nitrogen and oxygen atoms in total. The third-order valence-corrected chi connectivity index (χ3v) is 4.85. The van der Waals surface area contributed by atoms with Gasteiger partial charge in [-0.1, -0.05) is 11.3 Å². The Bertz CT molecular complexity index is 961. The van der Waals surface area contributed by atoms with E-state index in [0.717, 1.165) is 12.1 Å². The number of hydrogen-bond donors (Lipinski definition) is 1. The molecule has 0 aliphatic carbocycles. The lowest BCUT2D eigenvalue weighted by atomic mass is 10.2. The van der Waals surface area contributed by atoms with Crippen LogP contribution in [0.3, 0.4) is 0 Å². The second-order valence-corrected chi connectivity index (χ2v) is 6.87. The van der Waals surface area contributed by atoms with Gasteiger partial charge in [-0.25, -0.2) is 13.8 Å². The number of rotatable bonds is 4. The van der Waals surface area contributed by atoms with Crippen LogP contribution in [0.2, 0.25) is 0 Å². The van der Waals surface area contributed by atoms with E-state index in [1.165, 1.54) is 11.3 Å². The second-order valence-electron chi connectivity index (χ2n) is 6.04. The smallest absolute Gasteiger partial charge is 0.240 e. The van der Waals surface area contributed by atoms with Gasteiger partial charge in [-0.3, -0.25) is 20.0 Å². The fraction of sp³-hybridized carbons (Fsp3) is 0.312. The average molecular weight is 391 g/mol. The first-order valence-electron chi connectivity index (χ1n) is 8.23. The molecule has 1 saturated heterocycles. The summed E-state index contributed by atoms with van der Waals surface area (Å²) < 4.78 is 26.7. The highest BCUT2D eigenvalue weighted by Crippen LogP contribution is 2.19. The normalized spacial score (nSPS) is 15.3. The van der Waals surface area contributed by atoms with Crippen molar-refractivity contribution in [3.63, 3.8) is 0 Å². The summed E-state index contributed by atoms with van der Waals surface area (Å²) >= 11 is 1.27. The van der Waals surface area contributed by atoms with Crippen LogP contribution in [0.15, 0.2) is 23.8 Å². The highest BCUT2D eigenvalue weighted by Gasteiger charge is 2.21. The fourth-order valence-electron chi connectivity index (χ4n) is 2.88. The molecule has 2 aromatic heterocycles. The van der Waals surface area contributed by atoms with Gasteiger partial charge in [0.25, 0.3) is 0 Å². The number of fused-ring (bicyclic) bond motifs is 1. The van der Waals surface area contributed by atoms with Gasteiger partial charge in [-0.05, 0) is 0 Å². The molecule has 0 saturated carbocycles. The third kappa shape index (κ3) is 3.98. The number of amides is 1. The lowest BCUT2D eigenvalue weighted by Gasteiger charge is -2.34. The van der Waals surface area contributed by atoms with E-state index >= 15 is 0 Å². The fourth-order valence-corrected chi connectivity index (χ4v) is 3.34. The SMILES string of the molecule is O=C(CN1CCN(c2cnc3cc(F)c(F)cc3n2)CC1)Nc1nncs1. The van der Waals surface area contributed by atoms with Gasteiger partial charge in [0, 0.05) is 38.3 Å². The molecule has 0 bridgehead atoms. The third-order valence-electron chi connectivity index (χ3n) is 4.24. The molecule has 3 aromatic rings. The minimum absolute atomic E-state index is 0.136. The summed E-state index contributed by atoms with van der Waals surface area (Å²) in [5, 5.41) is 10.6. The second kappa shape index (κ2) is 7.45. The number of halogens is 2. The monoisotopic (exact) mass is 391 g/mol. The first kappa shape index (κ1) is 17.6. The van der Waals surface area contributed by atoms with Gasteiger partial charge in [0.2, 0.25) is 11.0 Å². The molecular weight excluding hydrogens is 376 g/mol. The zero-order valence-electron chi connectivity index (χ0n) is 14.1. The van der Waals surface area contributed by atoms with E-state index in [1.807, 2.05) is 9.80 Å². The standard InChI is InChI=1S/C16H15F2N7OS/c17-10-5-12-13(6-11(10)18)21-14(7-19-12)25-3-1-24(2-4-25)8-15(26)22-16-23-20-9-27-16/h5-7,9H,1-4,8H2,(H,22,23,26). The van der Waals surface area contributed by atoms with Crippen molar-refractivity contribution in [3.8, 4) is 0 Å². The number of carbonyl (C=O) groups excluding carboxylic acids is 1. The van der Waals surface area contributed by atoms with Crippen molar-refractivity contribution in [1.29, 1.82) is 0 Å². The molecule has 0 radical (unpaired) electrons. The average Bonchev–Trinajstić information content (AvgIpc) is 3.16. The molecule has 0 spiro atoms. The van der Waals surface area contributed by atoms with E-state index < -0.39 is 11.6 Å². The van der Waals surface area contributed by atoms with Crippen LogP contribution in [-0.2, 0) is 4.79 Å². The first-order valence-corrected chi connectivity index (χ1v) is 9.11. The maximum Gasteiger partial charge on any atom is 0.240 e. The maximum atomic E-state index is 13.4. The lowest BCUT2D eigenvalue weighted by Crippen LogP contribution is -2.49. The van der Waals surface area contributed by atoms with Gasteiger partial charge in [0.1, 0.15) is 11.3 Å². The van der Waals surface area contributed by atoms with Gasteiger partial charge in [0.15, 0.2) is 11.6 Å². The molecule has 1 aromatic carbocycles. The van der Waals surface area contributed by atoms with Crippen molar-refractivity contribution >= 4 is 39.2 Å². The van der Waals surface area contributed by atoms with E-state index in [4.69, 9.17) is 0 Å². The van der Waals surface area contributed by atoms with Crippen LogP contribution >= 0.6 is 11.3 Å². The van der Waals surface area contributed by atoms with Crippen LogP contribution in [0.4, 0.5) is 19.7 Å². The topological polar surface area (TPSA) is 87.1 Å². The highest BCUT2D eigenvalue weighted by molar-refractivity contribution is 7.13. The van der Waals surface area contributed by atoms with E-state index in [2.05, 4.69) is 25.5 Å². The largest absolute Gasteiger partial charge is 0.353 e. The molecule has 1 aliphatic heterocycles. The first-order chi connectivity index (χ1) is 13.1. The molecule has 140 valence electrons. The molecule has 0 atom stereocenters. The van der Waals surface area contributed by atoms with Gasteiger partial charge in [-0.15, -0.1) is 10.2 Å². The minimum atomic E-state index is -0.944. The summed E-state index contributed by atoms with van der Waals surface area (Å²) in [4.78, 5) is 24.6. The molecule has 27 heavy (non-hydrogen) atoms. The number of benzene rings is 1. The molecule has 4 rings (SSSR count). The minimum Gasteiger partial charge on any atom is -0.353 e. The van der Waals surface area contributed by atoms with Crippen molar-refractivity contribution in [2.24, 2.45) is 0 Å². The van der Waals surface area contributed by atoms with Crippen molar-refractivity contribution in [2.75, 3.05) is 42.9 Å². The number of nitrogens with one attached hydrogen (secondary N) is 1. The molecule has 1 fully saturated rings. The predicted molar refractivity (Wildman–Crippen MR) is 96.6 cm³/mol. The Labute approximate surface area is 156 Å². The number of nitrogens with zero attached hydrogens (tertiary/aromatic N) is 6. The summed E-state index contributed by atoms with van der Waals surface area (Å²) in [7, 11) is 0. The van der Waals surface area contributed by atoms with E-state index in [1.54, 1.807) is 11.7 Å². The number of anilines is 2. The highest BCUT2D eigenvalue weighted by atomic mass is 32.1. The molecule has 1 N–H and O–H groups in total. The zero-order valence-corrected chi connectivity index (χ0v) is 14.9. The Balaban J connectivity index is 1.36. The van der Waals surface area contributed by atoms with Gasteiger partial charge >= 0.3 is 0 Å². The number of aromatic nitrogens is 4. The van der Waals surface area contributed by atoms with Crippen molar-refractivity contribution in [1.82, 2.24) is 25.1 Å². The zero-order chi connectivity index (χ0) is 18.8. The number of piperazine rings is 1. The molecule has 1 amide bonds. The van der Waals surface area contributed by atoms with Gasteiger partial charge < -0.3 is 4.90 Å². The Hall–Kier alpha value is -2.79. The van der Waals surface area contributed by atoms with Crippen LogP contribution in [0.25, 0.3) is 11.0 Å². The molecule has 1 aliphatic rings. The van der Waals surface area contributed by atoms with E-state index in [-0.39, 0.29) is 12.5 Å². The van der Waals surface area contributed by atoms with Gasteiger partial charge in [-0.2, -0.15) is 0 Å². The van der Waals surface area contributed by atoms with Crippen molar-refractivity contribution in [3.05, 3.63) is 35.5 Å². The Kier molecular flexibility index (Phi) is 4.86. The lowest BCUT2D eigenvalue weighted by molar-refractivity contribution is -0.117. The van der Waals surface area contributed by atoms with Crippen LogP contribution in [-0.4, -0.2) is 63.7 Å². The summed E-state index contributed by atoms with van der Waals surface area (Å²) in [5.74, 6) is -1.42. The number of carbonyl (C=O) groups is 1. The van der Waals surface area contributed by atoms with Crippen LogP contribution in [0.5, 0.6) is 0 Å². The van der Waals surface area contributed by atoms with Gasteiger partial charge in [0.05, 0.1) is 23.8 Å². The Morgan fingerprint density at radius 2 is 1.89 bits per heavy atom. The van der Waals surface area contributed by atoms with E-state index in [0.29, 0.717) is 48.2 Å². The molecule has 0 unspecified atom stereocenters.